The van der Waals surface area contributed by atoms with E-state index >= 15 is 0 Å². The van der Waals surface area contributed by atoms with Crippen LogP contribution in [-0.4, -0.2) is 34.6 Å². The zero-order valence-corrected chi connectivity index (χ0v) is 17.8. The Morgan fingerprint density at radius 2 is 1.66 bits per heavy atom. The maximum atomic E-state index is 12.9. The second-order valence-corrected chi connectivity index (χ2v) is 8.48. The maximum Gasteiger partial charge on any atom is 0.203 e. The molecule has 5 nitrogen and oxygen atoms in total. The lowest BCUT2D eigenvalue weighted by atomic mass is 10.1. The van der Waals surface area contributed by atoms with Gasteiger partial charge in [0.1, 0.15) is 0 Å². The molecule has 1 aliphatic rings. The molecule has 2 heterocycles. The Morgan fingerprint density at radius 3 is 2.34 bits per heavy atom. The van der Waals surface area contributed by atoms with Crippen molar-refractivity contribution in [1.29, 1.82) is 5.41 Å². The lowest BCUT2D eigenvalue weighted by Crippen LogP contribution is -3.13. The fourth-order valence-electron chi connectivity index (χ4n) is 4.16. The highest BCUT2D eigenvalue weighted by Crippen LogP contribution is 2.23. The van der Waals surface area contributed by atoms with Gasteiger partial charge >= 0.3 is 0 Å². The van der Waals surface area contributed by atoms with E-state index in [9.17, 15) is 4.79 Å². The Bertz CT molecular complexity index is 1100. The summed E-state index contributed by atoms with van der Waals surface area (Å²) in [5, 5.41) is 9.53. The fraction of sp³-hybridized carbons (Fsp3) is 0.364. The smallest absolute Gasteiger partial charge is 0.203 e. The average Bonchev–Trinajstić information content (AvgIpc) is 3.00. The molecule has 3 aromatic rings. The number of para-hydroxylation sites is 2. The molecule has 1 fully saturated rings. The van der Waals surface area contributed by atoms with Crippen LogP contribution in [0.2, 0.25) is 10.0 Å². The molecule has 1 saturated heterocycles. The minimum absolute atomic E-state index is 0.0911. The van der Waals surface area contributed by atoms with Gasteiger partial charge in [0.05, 0.1) is 53.8 Å². The highest BCUT2D eigenvalue weighted by Gasteiger charge is 2.18. The molecule has 0 bridgehead atoms. The van der Waals surface area contributed by atoms with Crippen LogP contribution < -0.4 is 10.5 Å². The Morgan fingerprint density at radius 1 is 0.966 bits per heavy atom. The van der Waals surface area contributed by atoms with Crippen molar-refractivity contribution in [2.24, 2.45) is 0 Å². The van der Waals surface area contributed by atoms with Crippen molar-refractivity contribution in [3.05, 3.63) is 63.7 Å². The van der Waals surface area contributed by atoms with Gasteiger partial charge in [0.15, 0.2) is 5.78 Å². The second-order valence-electron chi connectivity index (χ2n) is 7.66. The molecule has 4 rings (SSSR count). The van der Waals surface area contributed by atoms with Crippen LogP contribution in [0.3, 0.4) is 0 Å². The molecule has 1 aliphatic heterocycles. The summed E-state index contributed by atoms with van der Waals surface area (Å²) in [7, 11) is 0. The van der Waals surface area contributed by atoms with Gasteiger partial charge in [0.2, 0.25) is 5.62 Å². The molecule has 7 heteroatoms. The SMILES string of the molecule is N=c1n(CC[NH+]2CCCCC2)c2ccccc2n1CC(=O)c1ccc(Cl)c(Cl)c1. The van der Waals surface area contributed by atoms with Gasteiger partial charge in [-0.1, -0.05) is 35.3 Å². The van der Waals surface area contributed by atoms with Gasteiger partial charge in [-0.15, -0.1) is 0 Å². The highest BCUT2D eigenvalue weighted by atomic mass is 35.5. The first-order chi connectivity index (χ1) is 14.0. The second kappa shape index (κ2) is 8.74. The zero-order valence-electron chi connectivity index (χ0n) is 16.3. The van der Waals surface area contributed by atoms with Crippen molar-refractivity contribution in [2.45, 2.75) is 32.4 Å². The number of piperidine rings is 1. The molecule has 29 heavy (non-hydrogen) atoms. The number of halogens is 2. The summed E-state index contributed by atoms with van der Waals surface area (Å²) >= 11 is 12.0. The van der Waals surface area contributed by atoms with Crippen molar-refractivity contribution < 1.29 is 9.69 Å². The van der Waals surface area contributed by atoms with Gasteiger partial charge < -0.3 is 14.0 Å². The molecule has 0 unspecified atom stereocenters. The average molecular weight is 432 g/mol. The van der Waals surface area contributed by atoms with Crippen molar-refractivity contribution in [3.8, 4) is 0 Å². The fourth-order valence-corrected chi connectivity index (χ4v) is 4.46. The van der Waals surface area contributed by atoms with E-state index in [0.29, 0.717) is 21.2 Å². The van der Waals surface area contributed by atoms with Gasteiger partial charge in [0.25, 0.3) is 0 Å². The monoisotopic (exact) mass is 431 g/mol. The summed E-state index contributed by atoms with van der Waals surface area (Å²) < 4.78 is 3.81. The van der Waals surface area contributed by atoms with Crippen LogP contribution in [0.25, 0.3) is 11.0 Å². The number of likely N-dealkylation sites (tertiary alicyclic amines) is 1. The molecular weight excluding hydrogens is 407 g/mol. The first-order valence-electron chi connectivity index (χ1n) is 10.1. The number of nitrogens with zero attached hydrogens (tertiary/aromatic N) is 2. The largest absolute Gasteiger partial charge is 0.333 e. The number of fused-ring (bicyclic) bond motifs is 1. The molecule has 0 radical (unpaired) electrons. The quantitative estimate of drug-likeness (QED) is 0.578. The Hall–Kier alpha value is -2.08. The van der Waals surface area contributed by atoms with Crippen molar-refractivity contribution in [2.75, 3.05) is 19.6 Å². The van der Waals surface area contributed by atoms with E-state index in [1.54, 1.807) is 27.7 Å². The molecule has 2 aromatic carbocycles. The number of carbonyl (C=O) groups is 1. The van der Waals surface area contributed by atoms with E-state index in [1.165, 1.54) is 32.4 Å². The van der Waals surface area contributed by atoms with E-state index in [2.05, 4.69) is 0 Å². The lowest BCUT2D eigenvalue weighted by molar-refractivity contribution is -0.905. The number of Topliss-reactive ketones (excluding diaryl/α,β-unsaturated/α-hetero) is 1. The van der Waals surface area contributed by atoms with Crippen LogP contribution >= 0.6 is 23.2 Å². The Kier molecular flexibility index (Phi) is 6.09. The number of carbonyl (C=O) groups excluding carboxylic acids is 1. The van der Waals surface area contributed by atoms with E-state index in [0.717, 1.165) is 24.1 Å². The van der Waals surface area contributed by atoms with Crippen LogP contribution in [0, 0.1) is 5.41 Å². The van der Waals surface area contributed by atoms with Crippen LogP contribution in [0.5, 0.6) is 0 Å². The summed E-state index contributed by atoms with van der Waals surface area (Å²) in [5.41, 5.74) is 2.76. The first-order valence-corrected chi connectivity index (χ1v) is 10.8. The van der Waals surface area contributed by atoms with E-state index < -0.39 is 0 Å². The number of nitrogens with one attached hydrogen (secondary N) is 2. The number of hydrogen-bond acceptors (Lipinski definition) is 2. The summed E-state index contributed by atoms with van der Waals surface area (Å²) in [6.45, 7) is 4.31. The molecule has 2 N–H and O–H groups in total. The molecule has 0 spiro atoms. The van der Waals surface area contributed by atoms with E-state index in [-0.39, 0.29) is 12.3 Å². The standard InChI is InChI=1S/C22H24Cl2N4O/c23-17-9-8-16(14-18(17)24)21(29)15-28-20-7-3-2-6-19(20)27(22(28)25)13-12-26-10-4-1-5-11-26/h2-3,6-9,14,25H,1,4-5,10-13,15H2/p+1. The summed E-state index contributed by atoms with van der Waals surface area (Å²) in [6, 6.07) is 12.8. The Balaban J connectivity index is 1.62. The van der Waals surface area contributed by atoms with Crippen LogP contribution in [0.4, 0.5) is 0 Å². The van der Waals surface area contributed by atoms with Crippen molar-refractivity contribution in [3.63, 3.8) is 0 Å². The number of aromatic nitrogens is 2. The third-order valence-electron chi connectivity index (χ3n) is 5.77. The molecule has 0 aliphatic carbocycles. The van der Waals surface area contributed by atoms with Crippen LogP contribution in [-0.2, 0) is 13.1 Å². The third-order valence-corrected chi connectivity index (χ3v) is 6.51. The normalized spacial score (nSPS) is 15.1. The van der Waals surface area contributed by atoms with E-state index in [1.807, 2.05) is 28.8 Å². The number of ketones is 1. The van der Waals surface area contributed by atoms with Gasteiger partial charge in [0, 0.05) is 5.56 Å². The summed E-state index contributed by atoms with van der Waals surface area (Å²) in [4.78, 5) is 14.5. The topological polar surface area (TPSA) is 55.2 Å². The predicted octanol–water partition coefficient (Wildman–Crippen LogP) is 3.18. The lowest BCUT2D eigenvalue weighted by Gasteiger charge is -2.23. The van der Waals surface area contributed by atoms with E-state index in [4.69, 9.17) is 28.6 Å². The number of benzene rings is 2. The van der Waals surface area contributed by atoms with Crippen LogP contribution in [0.15, 0.2) is 42.5 Å². The van der Waals surface area contributed by atoms with Gasteiger partial charge in [-0.2, -0.15) is 0 Å². The summed E-state index contributed by atoms with van der Waals surface area (Å²) in [5.74, 6) is -0.0911. The van der Waals surface area contributed by atoms with Gasteiger partial charge in [-0.3, -0.25) is 10.2 Å². The molecule has 0 atom stereocenters. The number of imidazole rings is 1. The summed E-state index contributed by atoms with van der Waals surface area (Å²) in [6.07, 6.45) is 3.90. The number of rotatable bonds is 6. The number of hydrogen-bond donors (Lipinski definition) is 2. The van der Waals surface area contributed by atoms with Crippen LogP contribution in [0.1, 0.15) is 29.6 Å². The molecule has 0 amide bonds. The maximum absolute atomic E-state index is 12.9. The minimum Gasteiger partial charge on any atom is -0.333 e. The van der Waals surface area contributed by atoms with Gasteiger partial charge in [-0.25, -0.2) is 0 Å². The first kappa shape index (κ1) is 20.2. The molecule has 1 aromatic heterocycles. The molecular formula is C22H25Cl2N4O+. The molecule has 0 saturated carbocycles. The van der Waals surface area contributed by atoms with Crippen molar-refractivity contribution >= 4 is 40.0 Å². The van der Waals surface area contributed by atoms with Gasteiger partial charge in [-0.05, 0) is 49.6 Å². The van der Waals surface area contributed by atoms with Crippen molar-refractivity contribution in [1.82, 2.24) is 9.13 Å². The third kappa shape index (κ3) is 4.27. The minimum atomic E-state index is -0.0911. The zero-order chi connectivity index (χ0) is 20.4. The highest BCUT2D eigenvalue weighted by molar-refractivity contribution is 6.42. The number of quaternary nitrogens is 1. The molecule has 152 valence electrons. The Labute approximate surface area is 180 Å². The predicted molar refractivity (Wildman–Crippen MR) is 116 cm³/mol.